The van der Waals surface area contributed by atoms with Crippen molar-refractivity contribution in [2.75, 3.05) is 12.8 Å². The zero-order valence-corrected chi connectivity index (χ0v) is 8.97. The fraction of sp³-hybridized carbons (Fsp3) is 0.200. The van der Waals surface area contributed by atoms with E-state index in [-0.39, 0.29) is 5.95 Å². The van der Waals surface area contributed by atoms with Gasteiger partial charge >= 0.3 is 0 Å². The Balaban J connectivity index is 2.38. The van der Waals surface area contributed by atoms with Crippen molar-refractivity contribution in [1.29, 1.82) is 0 Å². The zero-order chi connectivity index (χ0) is 12.4. The minimum absolute atomic E-state index is 0.0783. The molecular weight excluding hydrogens is 230 g/mol. The molecule has 0 saturated carbocycles. The van der Waals surface area contributed by atoms with E-state index in [1.807, 2.05) is 0 Å². The van der Waals surface area contributed by atoms with Crippen molar-refractivity contribution in [3.63, 3.8) is 0 Å². The van der Waals surface area contributed by atoms with E-state index in [2.05, 4.69) is 10.1 Å². The molecule has 2 rings (SSSR count). The number of rotatable bonds is 3. The van der Waals surface area contributed by atoms with Gasteiger partial charge in [-0.05, 0) is 24.3 Å². The van der Waals surface area contributed by atoms with Gasteiger partial charge in [0.15, 0.2) is 0 Å². The van der Waals surface area contributed by atoms with Crippen LogP contribution < -0.4 is 10.5 Å². The number of anilines is 1. The van der Waals surface area contributed by atoms with E-state index in [0.29, 0.717) is 11.4 Å². The largest absolute Gasteiger partial charge is 0.497 e. The van der Waals surface area contributed by atoms with Crippen LogP contribution >= 0.6 is 0 Å². The van der Waals surface area contributed by atoms with Gasteiger partial charge in [0.05, 0.1) is 12.8 Å². The molecule has 7 heteroatoms. The van der Waals surface area contributed by atoms with Gasteiger partial charge in [-0.2, -0.15) is 9.67 Å². The molecule has 0 aliphatic rings. The molecule has 0 bridgehead atoms. The predicted octanol–water partition coefficient (Wildman–Crippen LogP) is 1.80. The Hall–Kier alpha value is -2.18. The summed E-state index contributed by atoms with van der Waals surface area (Å²) >= 11 is 0. The molecule has 1 aromatic carbocycles. The van der Waals surface area contributed by atoms with Crippen LogP contribution in [-0.2, 0) is 0 Å². The van der Waals surface area contributed by atoms with Gasteiger partial charge in [-0.25, -0.2) is 8.78 Å². The number of hydrogen-bond donors (Lipinski definition) is 1. The van der Waals surface area contributed by atoms with Gasteiger partial charge in [-0.3, -0.25) is 0 Å². The number of ether oxygens (including phenoxy) is 1. The lowest BCUT2D eigenvalue weighted by Gasteiger charge is -2.03. The molecule has 0 amide bonds. The van der Waals surface area contributed by atoms with Crippen LogP contribution in [0.15, 0.2) is 24.3 Å². The molecule has 0 atom stereocenters. The second kappa shape index (κ2) is 4.36. The van der Waals surface area contributed by atoms with Crippen molar-refractivity contribution in [2.24, 2.45) is 0 Å². The maximum Gasteiger partial charge on any atom is 0.299 e. The Morgan fingerprint density at radius 3 is 2.41 bits per heavy atom. The smallest absolute Gasteiger partial charge is 0.299 e. The summed E-state index contributed by atoms with van der Waals surface area (Å²) in [5.41, 5.74) is 6.05. The molecule has 0 spiro atoms. The van der Waals surface area contributed by atoms with E-state index < -0.39 is 12.2 Å². The number of hydrogen-bond acceptors (Lipinski definition) is 4. The summed E-state index contributed by atoms with van der Waals surface area (Å²) in [4.78, 5) is 3.48. The SMILES string of the molecule is COc1ccc(-n2nc(C(F)F)nc2N)cc1. The molecule has 0 radical (unpaired) electrons. The molecular formula is C10H10F2N4O. The van der Waals surface area contributed by atoms with Crippen LogP contribution in [0.25, 0.3) is 5.69 Å². The number of methoxy groups -OCH3 is 1. The van der Waals surface area contributed by atoms with Gasteiger partial charge in [-0.15, -0.1) is 5.10 Å². The third-order valence-corrected chi connectivity index (χ3v) is 2.16. The van der Waals surface area contributed by atoms with Gasteiger partial charge in [0.2, 0.25) is 11.8 Å². The summed E-state index contributed by atoms with van der Waals surface area (Å²) < 4.78 is 30.9. The van der Waals surface area contributed by atoms with Gasteiger partial charge < -0.3 is 10.5 Å². The maximum absolute atomic E-state index is 12.4. The van der Waals surface area contributed by atoms with Crippen LogP contribution in [0, 0.1) is 0 Å². The quantitative estimate of drug-likeness (QED) is 0.888. The number of halogens is 2. The average molecular weight is 240 g/mol. The fourth-order valence-corrected chi connectivity index (χ4v) is 1.35. The lowest BCUT2D eigenvalue weighted by Crippen LogP contribution is -2.02. The number of nitrogens with two attached hydrogens (primary N) is 1. The molecule has 0 aliphatic heterocycles. The van der Waals surface area contributed by atoms with Crippen LogP contribution in [0.1, 0.15) is 12.2 Å². The highest BCUT2D eigenvalue weighted by Gasteiger charge is 2.16. The van der Waals surface area contributed by atoms with Gasteiger partial charge in [-0.1, -0.05) is 0 Å². The minimum Gasteiger partial charge on any atom is -0.497 e. The summed E-state index contributed by atoms with van der Waals surface area (Å²) in [6, 6.07) is 6.66. The maximum atomic E-state index is 12.4. The topological polar surface area (TPSA) is 66.0 Å². The number of nitrogens with zero attached hydrogens (tertiary/aromatic N) is 3. The van der Waals surface area contributed by atoms with E-state index in [1.165, 1.54) is 7.11 Å². The summed E-state index contributed by atoms with van der Waals surface area (Å²) in [6.45, 7) is 0. The number of nitrogen functional groups attached to an aromatic ring is 1. The lowest BCUT2D eigenvalue weighted by atomic mass is 10.3. The molecule has 17 heavy (non-hydrogen) atoms. The Labute approximate surface area is 95.8 Å². The first-order chi connectivity index (χ1) is 8.11. The summed E-state index contributed by atoms with van der Waals surface area (Å²) in [5, 5.41) is 3.62. The second-order valence-electron chi connectivity index (χ2n) is 3.24. The molecule has 90 valence electrons. The molecule has 0 fully saturated rings. The molecule has 0 unspecified atom stereocenters. The van der Waals surface area contributed by atoms with Crippen molar-refractivity contribution >= 4 is 5.95 Å². The third-order valence-electron chi connectivity index (χ3n) is 2.16. The Bertz CT molecular complexity index is 510. The third kappa shape index (κ3) is 2.17. The summed E-state index contributed by atoms with van der Waals surface area (Å²) in [6.07, 6.45) is -2.74. The highest BCUT2D eigenvalue weighted by Crippen LogP contribution is 2.20. The highest BCUT2D eigenvalue weighted by atomic mass is 19.3. The Morgan fingerprint density at radius 2 is 1.94 bits per heavy atom. The normalized spacial score (nSPS) is 10.8. The zero-order valence-electron chi connectivity index (χ0n) is 8.97. The lowest BCUT2D eigenvalue weighted by molar-refractivity contribution is 0.140. The first kappa shape index (κ1) is 11.3. The number of alkyl halides is 2. The van der Waals surface area contributed by atoms with E-state index in [0.717, 1.165) is 4.68 Å². The number of aromatic nitrogens is 3. The van der Waals surface area contributed by atoms with Crippen LogP contribution in [0.5, 0.6) is 5.75 Å². The Kier molecular flexibility index (Phi) is 2.90. The highest BCUT2D eigenvalue weighted by molar-refractivity contribution is 5.41. The molecule has 2 aromatic rings. The van der Waals surface area contributed by atoms with E-state index in [1.54, 1.807) is 24.3 Å². The van der Waals surface area contributed by atoms with Gasteiger partial charge in [0.25, 0.3) is 6.43 Å². The number of benzene rings is 1. The van der Waals surface area contributed by atoms with Crippen LogP contribution in [0.2, 0.25) is 0 Å². The average Bonchev–Trinajstić information content (AvgIpc) is 2.72. The monoisotopic (exact) mass is 240 g/mol. The first-order valence-electron chi connectivity index (χ1n) is 4.77. The Morgan fingerprint density at radius 1 is 1.29 bits per heavy atom. The standard InChI is InChI=1S/C10H10F2N4O/c1-17-7-4-2-6(3-5-7)16-10(13)14-9(15-16)8(11)12/h2-5,8H,1H3,(H2,13,14,15). The second-order valence-corrected chi connectivity index (χ2v) is 3.24. The summed E-state index contributed by atoms with van der Waals surface area (Å²) in [5.74, 6) is -0.00898. The van der Waals surface area contributed by atoms with Crippen LogP contribution in [0.4, 0.5) is 14.7 Å². The summed E-state index contributed by atoms with van der Waals surface area (Å²) in [7, 11) is 1.54. The molecule has 5 nitrogen and oxygen atoms in total. The van der Waals surface area contributed by atoms with Crippen LogP contribution in [-0.4, -0.2) is 21.9 Å². The van der Waals surface area contributed by atoms with E-state index in [9.17, 15) is 8.78 Å². The predicted molar refractivity (Wildman–Crippen MR) is 57.3 cm³/mol. The minimum atomic E-state index is -2.74. The van der Waals surface area contributed by atoms with Gasteiger partial charge in [0, 0.05) is 0 Å². The molecule has 1 heterocycles. The van der Waals surface area contributed by atoms with Crippen molar-refractivity contribution in [3.8, 4) is 11.4 Å². The molecule has 1 aromatic heterocycles. The van der Waals surface area contributed by atoms with E-state index >= 15 is 0 Å². The first-order valence-corrected chi connectivity index (χ1v) is 4.77. The van der Waals surface area contributed by atoms with E-state index in [4.69, 9.17) is 10.5 Å². The molecule has 0 saturated heterocycles. The van der Waals surface area contributed by atoms with Crippen molar-refractivity contribution in [3.05, 3.63) is 30.1 Å². The van der Waals surface area contributed by atoms with Crippen molar-refractivity contribution < 1.29 is 13.5 Å². The molecule has 0 aliphatic carbocycles. The fourth-order valence-electron chi connectivity index (χ4n) is 1.35. The van der Waals surface area contributed by atoms with Crippen molar-refractivity contribution in [1.82, 2.24) is 14.8 Å². The molecule has 2 N–H and O–H groups in total. The van der Waals surface area contributed by atoms with Crippen LogP contribution in [0.3, 0.4) is 0 Å². The van der Waals surface area contributed by atoms with Crippen molar-refractivity contribution in [2.45, 2.75) is 6.43 Å². The van der Waals surface area contributed by atoms with Gasteiger partial charge in [0.1, 0.15) is 5.75 Å².